The Labute approximate surface area is 104 Å². The van der Waals surface area contributed by atoms with Gasteiger partial charge in [-0.25, -0.2) is 8.42 Å². The smallest absolute Gasteiger partial charge is 0.300 e. The summed E-state index contributed by atoms with van der Waals surface area (Å²) in [6.45, 7) is 0. The van der Waals surface area contributed by atoms with Crippen LogP contribution < -0.4 is 5.73 Å². The molecule has 0 fully saturated rings. The second kappa shape index (κ2) is 4.75. The quantitative estimate of drug-likeness (QED) is 0.213. The van der Waals surface area contributed by atoms with Crippen LogP contribution >= 0.6 is 0 Å². The van der Waals surface area contributed by atoms with Gasteiger partial charge in [-0.15, -0.1) is 0 Å². The molecule has 19 heavy (non-hydrogen) atoms. The summed E-state index contributed by atoms with van der Waals surface area (Å²) in [6, 6.07) is 0.957. The van der Waals surface area contributed by atoms with Crippen LogP contribution in [0, 0.1) is 20.2 Å². The van der Waals surface area contributed by atoms with Crippen molar-refractivity contribution in [2.24, 2.45) is 4.52 Å². The lowest BCUT2D eigenvalue weighted by molar-refractivity contribution is -0.392. The van der Waals surface area contributed by atoms with Crippen LogP contribution in [0.3, 0.4) is 0 Å². The number of nitro benzene ring substituents is 2. The summed E-state index contributed by atoms with van der Waals surface area (Å²) in [6.07, 6.45) is 0. The highest BCUT2D eigenvalue weighted by Gasteiger charge is 2.28. The molecule has 0 bridgehead atoms. The fourth-order valence-electron chi connectivity index (χ4n) is 1.14. The predicted octanol–water partition coefficient (Wildman–Crippen LogP) is 1.08. The van der Waals surface area contributed by atoms with E-state index in [4.69, 9.17) is 11.3 Å². The van der Waals surface area contributed by atoms with E-state index >= 15 is 0 Å². The topological polar surface area (TPSA) is 195 Å². The van der Waals surface area contributed by atoms with Gasteiger partial charge in [0.25, 0.3) is 10.0 Å². The lowest BCUT2D eigenvalue weighted by Crippen LogP contribution is -2.04. The van der Waals surface area contributed by atoms with Crippen molar-refractivity contribution < 1.29 is 18.3 Å². The zero-order valence-corrected chi connectivity index (χ0v) is 9.64. The summed E-state index contributed by atoms with van der Waals surface area (Å²) in [4.78, 5) is 20.2. The number of benzene rings is 1. The first-order chi connectivity index (χ1) is 8.70. The third-order valence-corrected chi connectivity index (χ3v) is 3.06. The number of anilines is 1. The Kier molecular flexibility index (Phi) is 3.54. The van der Waals surface area contributed by atoms with Gasteiger partial charge >= 0.3 is 11.4 Å². The molecule has 0 atom stereocenters. The molecule has 0 aromatic heterocycles. The minimum atomic E-state index is -4.60. The number of nitro groups is 2. The largest absolute Gasteiger partial charge is 0.387 e. The molecule has 13 heteroatoms. The molecular weight excluding hydrogens is 284 g/mol. The number of azide groups is 1. The number of hydrogen-bond acceptors (Lipinski definition) is 7. The van der Waals surface area contributed by atoms with Crippen LogP contribution in [0.4, 0.5) is 17.1 Å². The van der Waals surface area contributed by atoms with E-state index in [1.165, 1.54) is 0 Å². The van der Waals surface area contributed by atoms with E-state index in [1.807, 2.05) is 4.91 Å². The van der Waals surface area contributed by atoms with Crippen molar-refractivity contribution in [3.8, 4) is 0 Å². The molecule has 0 radical (unpaired) electrons. The van der Waals surface area contributed by atoms with Gasteiger partial charge in [-0.2, -0.15) is 0 Å². The maximum Gasteiger partial charge on any atom is 0.300 e. The Bertz CT molecular complexity index is 685. The molecule has 0 aliphatic heterocycles. The molecule has 100 valence electrons. The monoisotopic (exact) mass is 288 g/mol. The molecule has 0 heterocycles. The van der Waals surface area contributed by atoms with Crippen molar-refractivity contribution in [2.75, 3.05) is 5.73 Å². The lowest BCUT2D eigenvalue weighted by Gasteiger charge is -2.02. The minimum Gasteiger partial charge on any atom is -0.387 e. The normalized spacial score (nSPS) is 10.5. The summed E-state index contributed by atoms with van der Waals surface area (Å²) in [5.41, 5.74) is 10.5. The molecule has 0 saturated heterocycles. The van der Waals surface area contributed by atoms with E-state index in [9.17, 15) is 28.6 Å². The highest BCUT2D eigenvalue weighted by atomic mass is 32.2. The van der Waals surface area contributed by atoms with E-state index in [1.54, 1.807) is 0 Å². The van der Waals surface area contributed by atoms with Gasteiger partial charge in [0.2, 0.25) is 0 Å². The van der Waals surface area contributed by atoms with Crippen LogP contribution in [0.2, 0.25) is 0 Å². The zero-order chi connectivity index (χ0) is 14.8. The molecule has 0 unspecified atom stereocenters. The van der Waals surface area contributed by atoms with Crippen molar-refractivity contribution in [1.82, 2.24) is 0 Å². The molecule has 0 aliphatic carbocycles. The maximum atomic E-state index is 11.4. The van der Waals surface area contributed by atoms with Gasteiger partial charge in [0, 0.05) is 21.6 Å². The summed E-state index contributed by atoms with van der Waals surface area (Å²) in [5, 5.41) is 21.3. The third kappa shape index (κ3) is 2.67. The van der Waals surface area contributed by atoms with Gasteiger partial charge in [0.15, 0.2) is 5.69 Å². The fraction of sp³-hybridized carbons (Fsp3) is 0. The number of hydrogen-bond donors (Lipinski definition) is 1. The van der Waals surface area contributed by atoms with Gasteiger partial charge in [0.05, 0.1) is 14.7 Å². The van der Waals surface area contributed by atoms with Crippen LogP contribution in [-0.4, -0.2) is 18.3 Å². The Hall–Kier alpha value is -2.92. The molecule has 1 aromatic carbocycles. The molecule has 0 aliphatic rings. The summed E-state index contributed by atoms with van der Waals surface area (Å²) >= 11 is 0. The van der Waals surface area contributed by atoms with Gasteiger partial charge in [-0.05, 0) is 5.53 Å². The number of sulfonamides is 1. The average Bonchev–Trinajstić information content (AvgIpc) is 2.27. The van der Waals surface area contributed by atoms with Crippen molar-refractivity contribution in [3.63, 3.8) is 0 Å². The molecule has 1 aromatic rings. The lowest BCUT2D eigenvalue weighted by atomic mass is 10.2. The Morgan fingerprint density at radius 3 is 1.95 bits per heavy atom. The van der Waals surface area contributed by atoms with Crippen molar-refractivity contribution in [3.05, 3.63) is 42.8 Å². The second-order valence-corrected chi connectivity index (χ2v) is 4.62. The number of nitrogen functional groups attached to an aromatic ring is 1. The van der Waals surface area contributed by atoms with Crippen molar-refractivity contribution in [2.45, 2.75) is 4.90 Å². The molecule has 2 N–H and O–H groups in total. The first kappa shape index (κ1) is 14.1. The standard InChI is InChI=1S/C6H4N6O6S/c7-6-4(11(13)14)1-3(2-5(6)12(15)16)19(17,18)10-9-8/h1-2H,7H2. The molecule has 1 rings (SSSR count). The fourth-order valence-corrected chi connectivity index (χ4v) is 1.86. The zero-order valence-electron chi connectivity index (χ0n) is 8.83. The minimum absolute atomic E-state index is 0.479. The first-order valence-corrected chi connectivity index (χ1v) is 5.68. The van der Waals surface area contributed by atoms with Gasteiger partial charge in [-0.3, -0.25) is 20.2 Å². The predicted molar refractivity (Wildman–Crippen MR) is 60.5 cm³/mol. The van der Waals surface area contributed by atoms with E-state index in [0.29, 0.717) is 12.1 Å². The molecular formula is C6H4N6O6S. The molecule has 0 saturated carbocycles. The molecule has 0 amide bonds. The van der Waals surface area contributed by atoms with E-state index < -0.39 is 41.8 Å². The van der Waals surface area contributed by atoms with Crippen molar-refractivity contribution in [1.29, 1.82) is 0 Å². The third-order valence-electron chi connectivity index (χ3n) is 1.95. The van der Waals surface area contributed by atoms with Gasteiger partial charge in [0.1, 0.15) is 0 Å². The first-order valence-electron chi connectivity index (χ1n) is 4.24. The summed E-state index contributed by atoms with van der Waals surface area (Å²) in [5.74, 6) is 0. The maximum absolute atomic E-state index is 11.4. The van der Waals surface area contributed by atoms with Crippen LogP contribution in [-0.2, 0) is 10.0 Å². The van der Waals surface area contributed by atoms with Crippen molar-refractivity contribution >= 4 is 27.1 Å². The highest BCUT2D eigenvalue weighted by Crippen LogP contribution is 2.34. The van der Waals surface area contributed by atoms with E-state index in [2.05, 4.69) is 4.52 Å². The molecule has 0 spiro atoms. The number of nitrogens with two attached hydrogens (primary N) is 1. The Morgan fingerprint density at radius 2 is 1.63 bits per heavy atom. The van der Waals surface area contributed by atoms with Crippen LogP contribution in [0.5, 0.6) is 0 Å². The Morgan fingerprint density at radius 1 is 1.21 bits per heavy atom. The van der Waals surface area contributed by atoms with E-state index in [-0.39, 0.29) is 0 Å². The SMILES string of the molecule is [N-]=[N+]=NS(=O)(=O)c1cc([N+](=O)[O-])c(N)c([N+](=O)[O-])c1. The van der Waals surface area contributed by atoms with Crippen LogP contribution in [0.25, 0.3) is 10.4 Å². The van der Waals surface area contributed by atoms with Crippen LogP contribution in [0.1, 0.15) is 0 Å². The molecule has 12 nitrogen and oxygen atoms in total. The summed E-state index contributed by atoms with van der Waals surface area (Å²) in [7, 11) is -4.60. The highest BCUT2D eigenvalue weighted by molar-refractivity contribution is 7.90. The Balaban J connectivity index is 3.75. The average molecular weight is 288 g/mol. The van der Waals surface area contributed by atoms with Gasteiger partial charge < -0.3 is 5.73 Å². The van der Waals surface area contributed by atoms with Gasteiger partial charge in [-0.1, -0.05) is 0 Å². The summed E-state index contributed by atoms with van der Waals surface area (Å²) < 4.78 is 25.2. The van der Waals surface area contributed by atoms with Crippen LogP contribution in [0.15, 0.2) is 21.5 Å². The second-order valence-electron chi connectivity index (χ2n) is 3.04. The van der Waals surface area contributed by atoms with E-state index in [0.717, 1.165) is 0 Å². The number of nitrogens with zero attached hydrogens (tertiary/aromatic N) is 5. The number of rotatable bonds is 4.